The fraction of sp³-hybridized carbons (Fsp3) is 0.375. The number of aromatic nitrogens is 1. The van der Waals surface area contributed by atoms with Crippen LogP contribution in [0.3, 0.4) is 0 Å². The summed E-state index contributed by atoms with van der Waals surface area (Å²) in [5.74, 6) is 1.32. The molecule has 1 aliphatic rings. The molecule has 7 heteroatoms. The Kier molecular flexibility index (Phi) is 4.97. The Labute approximate surface area is 138 Å². The average Bonchev–Trinajstić information content (AvgIpc) is 3.20. The van der Waals surface area contributed by atoms with Crippen LogP contribution in [0.4, 0.5) is 10.8 Å². The van der Waals surface area contributed by atoms with E-state index in [2.05, 4.69) is 22.5 Å². The van der Waals surface area contributed by atoms with Crippen LogP contribution in [0.1, 0.15) is 36.7 Å². The highest BCUT2D eigenvalue weighted by molar-refractivity contribution is 7.14. The molecule has 122 valence electrons. The standard InChI is InChI=1S/C16H19N3O3S/c1-2-3-4-7-17-15(20)12-9-23-16(19-12)18-11-5-6-13-14(8-11)22-10-21-13/h5-6,8-9H,2-4,7,10H2,1H3,(H,17,20)(H,18,19). The largest absolute Gasteiger partial charge is 0.454 e. The van der Waals surface area contributed by atoms with Crippen molar-refractivity contribution in [2.24, 2.45) is 0 Å². The molecule has 3 rings (SSSR count). The normalized spacial score (nSPS) is 12.2. The van der Waals surface area contributed by atoms with E-state index in [0.29, 0.717) is 23.1 Å². The van der Waals surface area contributed by atoms with Crippen molar-refractivity contribution >= 4 is 28.1 Å². The molecule has 23 heavy (non-hydrogen) atoms. The molecule has 0 bridgehead atoms. The number of hydrogen-bond acceptors (Lipinski definition) is 6. The molecule has 1 amide bonds. The Bertz CT molecular complexity index is 687. The Morgan fingerprint density at radius 3 is 3.04 bits per heavy atom. The van der Waals surface area contributed by atoms with Crippen molar-refractivity contribution in [2.75, 3.05) is 18.7 Å². The number of carbonyl (C=O) groups excluding carboxylic acids is 1. The molecule has 0 atom stereocenters. The van der Waals surface area contributed by atoms with Gasteiger partial charge >= 0.3 is 0 Å². The van der Waals surface area contributed by atoms with Crippen LogP contribution >= 0.6 is 11.3 Å². The van der Waals surface area contributed by atoms with E-state index < -0.39 is 0 Å². The second kappa shape index (κ2) is 7.32. The van der Waals surface area contributed by atoms with Gasteiger partial charge < -0.3 is 20.1 Å². The van der Waals surface area contributed by atoms with Gasteiger partial charge in [0.05, 0.1) is 0 Å². The second-order valence-electron chi connectivity index (χ2n) is 5.19. The molecule has 1 aromatic carbocycles. The molecule has 0 unspecified atom stereocenters. The van der Waals surface area contributed by atoms with E-state index in [0.717, 1.165) is 30.7 Å². The molecule has 2 heterocycles. The Hall–Kier alpha value is -2.28. The van der Waals surface area contributed by atoms with E-state index >= 15 is 0 Å². The van der Waals surface area contributed by atoms with Gasteiger partial charge in [-0.3, -0.25) is 4.79 Å². The van der Waals surface area contributed by atoms with Crippen LogP contribution in [0, 0.1) is 0 Å². The number of hydrogen-bond donors (Lipinski definition) is 2. The van der Waals surface area contributed by atoms with Crippen molar-refractivity contribution in [1.82, 2.24) is 10.3 Å². The van der Waals surface area contributed by atoms with Gasteiger partial charge in [-0.05, 0) is 18.6 Å². The summed E-state index contributed by atoms with van der Waals surface area (Å²) in [5, 5.41) is 8.49. The number of unbranched alkanes of at least 4 members (excludes halogenated alkanes) is 2. The number of rotatable bonds is 7. The van der Waals surface area contributed by atoms with Crippen molar-refractivity contribution in [2.45, 2.75) is 26.2 Å². The van der Waals surface area contributed by atoms with Crippen LogP contribution in [0.2, 0.25) is 0 Å². The lowest BCUT2D eigenvalue weighted by Crippen LogP contribution is -2.24. The zero-order valence-electron chi connectivity index (χ0n) is 12.9. The minimum absolute atomic E-state index is 0.129. The molecule has 0 fully saturated rings. The maximum atomic E-state index is 12.0. The van der Waals surface area contributed by atoms with Gasteiger partial charge in [-0.15, -0.1) is 11.3 Å². The lowest BCUT2D eigenvalue weighted by molar-refractivity contribution is 0.0948. The zero-order chi connectivity index (χ0) is 16.1. The van der Waals surface area contributed by atoms with Gasteiger partial charge in [-0.25, -0.2) is 4.98 Å². The minimum atomic E-state index is -0.129. The van der Waals surface area contributed by atoms with Crippen LogP contribution in [-0.2, 0) is 0 Å². The molecule has 1 aliphatic heterocycles. The summed E-state index contributed by atoms with van der Waals surface area (Å²) in [7, 11) is 0. The summed E-state index contributed by atoms with van der Waals surface area (Å²) in [4.78, 5) is 16.3. The predicted octanol–water partition coefficient (Wildman–Crippen LogP) is 3.54. The van der Waals surface area contributed by atoms with Gasteiger partial charge in [0.1, 0.15) is 5.69 Å². The summed E-state index contributed by atoms with van der Waals surface area (Å²) < 4.78 is 10.6. The van der Waals surface area contributed by atoms with E-state index in [1.165, 1.54) is 11.3 Å². The predicted molar refractivity (Wildman–Crippen MR) is 89.8 cm³/mol. The van der Waals surface area contributed by atoms with E-state index in [-0.39, 0.29) is 12.7 Å². The molecular formula is C16H19N3O3S. The summed E-state index contributed by atoms with van der Waals surface area (Å²) in [6.07, 6.45) is 3.25. The highest BCUT2D eigenvalue weighted by Gasteiger charge is 2.14. The van der Waals surface area contributed by atoms with Crippen LogP contribution in [0.15, 0.2) is 23.6 Å². The first-order chi connectivity index (χ1) is 11.3. The van der Waals surface area contributed by atoms with Gasteiger partial charge in [0.15, 0.2) is 16.6 Å². The third-order valence-corrected chi connectivity index (χ3v) is 4.18. The van der Waals surface area contributed by atoms with Crippen LogP contribution in [0.25, 0.3) is 0 Å². The summed E-state index contributed by atoms with van der Waals surface area (Å²) in [6.45, 7) is 3.07. The molecule has 0 radical (unpaired) electrons. The fourth-order valence-corrected chi connectivity index (χ4v) is 2.91. The van der Waals surface area contributed by atoms with Gasteiger partial charge in [-0.1, -0.05) is 19.8 Å². The van der Waals surface area contributed by atoms with Crippen LogP contribution < -0.4 is 20.1 Å². The third-order valence-electron chi connectivity index (χ3n) is 3.43. The molecule has 6 nitrogen and oxygen atoms in total. The molecular weight excluding hydrogens is 314 g/mol. The second-order valence-corrected chi connectivity index (χ2v) is 6.05. The monoisotopic (exact) mass is 333 g/mol. The van der Waals surface area contributed by atoms with Crippen LogP contribution in [-0.4, -0.2) is 24.2 Å². The number of benzene rings is 1. The van der Waals surface area contributed by atoms with Gasteiger partial charge in [0, 0.05) is 23.7 Å². The number of carbonyl (C=O) groups is 1. The lowest BCUT2D eigenvalue weighted by atomic mass is 10.2. The molecule has 0 aliphatic carbocycles. The first kappa shape index (κ1) is 15.6. The number of amides is 1. The number of fused-ring (bicyclic) bond motifs is 1. The number of nitrogens with one attached hydrogen (secondary N) is 2. The number of thiazole rings is 1. The molecule has 0 spiro atoms. The highest BCUT2D eigenvalue weighted by Crippen LogP contribution is 2.35. The van der Waals surface area contributed by atoms with Crippen molar-refractivity contribution < 1.29 is 14.3 Å². The fourth-order valence-electron chi connectivity index (χ4n) is 2.20. The van der Waals surface area contributed by atoms with Gasteiger partial charge in [0.2, 0.25) is 6.79 Å². The Morgan fingerprint density at radius 1 is 1.30 bits per heavy atom. The summed E-state index contributed by atoms with van der Waals surface area (Å²) >= 11 is 1.39. The van der Waals surface area contributed by atoms with Crippen molar-refractivity contribution in [3.63, 3.8) is 0 Å². The quantitative estimate of drug-likeness (QED) is 0.758. The minimum Gasteiger partial charge on any atom is -0.454 e. The topological polar surface area (TPSA) is 72.5 Å². The number of anilines is 2. The van der Waals surface area contributed by atoms with Crippen molar-refractivity contribution in [1.29, 1.82) is 0 Å². The van der Waals surface area contributed by atoms with Gasteiger partial charge in [0.25, 0.3) is 5.91 Å². The molecule has 2 aromatic rings. The first-order valence-corrected chi connectivity index (χ1v) is 8.54. The van der Waals surface area contributed by atoms with E-state index in [1.54, 1.807) is 5.38 Å². The van der Waals surface area contributed by atoms with Crippen molar-refractivity contribution in [3.05, 3.63) is 29.3 Å². The van der Waals surface area contributed by atoms with Gasteiger partial charge in [-0.2, -0.15) is 0 Å². The number of ether oxygens (including phenoxy) is 2. The van der Waals surface area contributed by atoms with Crippen molar-refractivity contribution in [3.8, 4) is 11.5 Å². The highest BCUT2D eigenvalue weighted by atomic mass is 32.1. The van der Waals surface area contributed by atoms with Crippen LogP contribution in [0.5, 0.6) is 11.5 Å². The smallest absolute Gasteiger partial charge is 0.270 e. The van der Waals surface area contributed by atoms with E-state index in [1.807, 2.05) is 18.2 Å². The third kappa shape index (κ3) is 3.92. The van der Waals surface area contributed by atoms with E-state index in [4.69, 9.17) is 9.47 Å². The molecule has 1 aromatic heterocycles. The average molecular weight is 333 g/mol. The SMILES string of the molecule is CCCCCNC(=O)c1csc(Nc2ccc3c(c2)OCO3)n1. The zero-order valence-corrected chi connectivity index (χ0v) is 13.7. The maximum Gasteiger partial charge on any atom is 0.270 e. The summed E-state index contributed by atoms with van der Waals surface area (Å²) in [6, 6.07) is 5.59. The Morgan fingerprint density at radius 2 is 2.17 bits per heavy atom. The summed E-state index contributed by atoms with van der Waals surface area (Å²) in [5.41, 5.74) is 1.29. The molecule has 0 saturated carbocycles. The molecule has 2 N–H and O–H groups in total. The molecule has 0 saturated heterocycles. The van der Waals surface area contributed by atoms with E-state index in [9.17, 15) is 4.79 Å². The number of nitrogens with zero attached hydrogens (tertiary/aromatic N) is 1. The maximum absolute atomic E-state index is 12.0. The first-order valence-electron chi connectivity index (χ1n) is 7.66. The lowest BCUT2D eigenvalue weighted by Gasteiger charge is -2.04. The Balaban J connectivity index is 1.57.